The molecule has 5 rings (SSSR count). The summed E-state index contributed by atoms with van der Waals surface area (Å²) in [5, 5.41) is 0. The van der Waals surface area contributed by atoms with Crippen molar-refractivity contribution in [2.45, 2.75) is 259 Å². The minimum atomic E-state index is -1.45. The average molecular weight is 1070 g/mol. The number of anilines is 1. The standard InChI is InChI=1S/C59H86FN5O9.C2H6.CH4/c1-4-6-8-10-12-14-16-18-20-22-24-26-28-38-51(66)70-41-45-34-30-32-36-47(45)56(68)72-43-59(3)49(40-50(74-59)65-44-62-53-54(61)63-58(60)64-55(53)65)73-57(69)48-37-33-31-35-46(48)42-71-52(67)39-29-27-25-23-21-19-17-15-13-11-9-7-5-2;1-2;/h30-37,44,49-50H,4-29,38-43H2,1-3H3,(H2,61,63,64);1-2H3;1H4/t49-,50+,59+;;/m0../s1. The number of nitrogen functional groups attached to an aromatic ring is 1. The van der Waals surface area contributed by atoms with Gasteiger partial charge in [0, 0.05) is 30.4 Å². The molecule has 2 N–H and O–H groups in total. The van der Waals surface area contributed by atoms with Crippen molar-refractivity contribution in [3.63, 3.8) is 0 Å². The van der Waals surface area contributed by atoms with Crippen molar-refractivity contribution >= 4 is 40.9 Å². The molecular formula is C62H96FN5O9. The number of ether oxygens (including phenoxy) is 5. The number of aromatic nitrogens is 4. The monoisotopic (exact) mass is 1070 g/mol. The van der Waals surface area contributed by atoms with Crippen LogP contribution in [0.4, 0.5) is 10.2 Å². The molecule has 77 heavy (non-hydrogen) atoms. The van der Waals surface area contributed by atoms with Crippen molar-refractivity contribution in [1.82, 2.24) is 19.5 Å². The molecule has 2 aromatic heterocycles. The summed E-state index contributed by atoms with van der Waals surface area (Å²) in [6.45, 7) is 9.53. The quantitative estimate of drug-likeness (QED) is 0.0194. The van der Waals surface area contributed by atoms with Crippen molar-refractivity contribution in [3.05, 3.63) is 83.2 Å². The number of rotatable bonds is 38. The van der Waals surface area contributed by atoms with Crippen LogP contribution in [0.3, 0.4) is 0 Å². The molecule has 0 aliphatic carbocycles. The van der Waals surface area contributed by atoms with Crippen molar-refractivity contribution in [2.75, 3.05) is 12.3 Å². The first-order valence-corrected chi connectivity index (χ1v) is 29.2. The van der Waals surface area contributed by atoms with E-state index in [1.54, 1.807) is 55.5 Å². The second kappa shape index (κ2) is 38.2. The Morgan fingerprint density at radius 3 is 1.49 bits per heavy atom. The normalized spacial score (nSPS) is 15.8. The van der Waals surface area contributed by atoms with E-state index in [-0.39, 0.29) is 73.7 Å². The summed E-state index contributed by atoms with van der Waals surface area (Å²) < 4.78 is 45.8. The maximum atomic E-state index is 14.5. The first kappa shape index (κ1) is 65.8. The first-order chi connectivity index (χ1) is 37.0. The van der Waals surface area contributed by atoms with Gasteiger partial charge in [0.1, 0.15) is 37.8 Å². The number of hydrogen-bond acceptors (Lipinski definition) is 13. The number of fused-ring (bicyclic) bond motifs is 1. The molecule has 1 saturated heterocycles. The highest BCUT2D eigenvalue weighted by molar-refractivity contribution is 5.92. The molecule has 3 heterocycles. The molecule has 0 radical (unpaired) electrons. The van der Waals surface area contributed by atoms with Gasteiger partial charge >= 0.3 is 30.0 Å². The number of carbonyl (C=O) groups is 4. The third-order valence-corrected chi connectivity index (χ3v) is 14.2. The highest BCUT2D eigenvalue weighted by atomic mass is 19.1. The second-order valence-electron chi connectivity index (χ2n) is 20.4. The summed E-state index contributed by atoms with van der Waals surface area (Å²) >= 11 is 0. The molecule has 1 aliphatic rings. The number of imidazole rings is 1. The Balaban J connectivity index is 0.00000514. The number of benzene rings is 2. The van der Waals surface area contributed by atoms with Gasteiger partial charge in [-0.05, 0) is 31.9 Å². The molecular weight excluding hydrogens is 978 g/mol. The molecule has 0 spiro atoms. The van der Waals surface area contributed by atoms with Gasteiger partial charge in [0.15, 0.2) is 17.0 Å². The van der Waals surface area contributed by atoms with E-state index in [4.69, 9.17) is 29.4 Å². The summed E-state index contributed by atoms with van der Waals surface area (Å²) in [4.78, 5) is 65.3. The third kappa shape index (κ3) is 23.6. The van der Waals surface area contributed by atoms with Crippen LogP contribution < -0.4 is 5.73 Å². The smallest absolute Gasteiger partial charge is 0.338 e. The molecule has 1 fully saturated rings. The molecule has 15 heteroatoms. The molecule has 3 atom stereocenters. The van der Waals surface area contributed by atoms with E-state index >= 15 is 0 Å². The van der Waals surface area contributed by atoms with Crippen LogP contribution in [0.1, 0.15) is 266 Å². The number of carbonyl (C=O) groups excluding carboxylic acids is 4. The van der Waals surface area contributed by atoms with Crippen LogP contribution in [0.2, 0.25) is 0 Å². The molecule has 0 saturated carbocycles. The summed E-state index contributed by atoms with van der Waals surface area (Å²) in [5.74, 6) is -2.24. The number of nitrogens with zero attached hydrogens (tertiary/aromatic N) is 4. The van der Waals surface area contributed by atoms with Gasteiger partial charge in [-0.3, -0.25) is 14.2 Å². The highest BCUT2D eigenvalue weighted by Crippen LogP contribution is 2.41. The van der Waals surface area contributed by atoms with E-state index in [2.05, 4.69) is 28.8 Å². The lowest BCUT2D eigenvalue weighted by atomic mass is 9.99. The van der Waals surface area contributed by atoms with Crippen molar-refractivity contribution in [1.29, 1.82) is 0 Å². The topological polar surface area (TPSA) is 184 Å². The van der Waals surface area contributed by atoms with Crippen molar-refractivity contribution in [3.8, 4) is 0 Å². The van der Waals surface area contributed by atoms with Crippen LogP contribution in [-0.2, 0) is 46.5 Å². The Bertz CT molecular complexity index is 2310. The highest BCUT2D eigenvalue weighted by Gasteiger charge is 2.50. The Labute approximate surface area is 460 Å². The minimum absolute atomic E-state index is 0. The molecule has 0 unspecified atom stereocenters. The number of halogens is 1. The molecule has 14 nitrogen and oxygen atoms in total. The fourth-order valence-corrected chi connectivity index (χ4v) is 9.66. The Kier molecular flexibility index (Phi) is 32.6. The van der Waals surface area contributed by atoms with Gasteiger partial charge in [-0.2, -0.15) is 14.4 Å². The van der Waals surface area contributed by atoms with Gasteiger partial charge in [-0.25, -0.2) is 14.6 Å². The molecule has 2 aromatic carbocycles. The zero-order chi connectivity index (χ0) is 54.8. The van der Waals surface area contributed by atoms with Crippen molar-refractivity contribution in [2.24, 2.45) is 0 Å². The lowest BCUT2D eigenvalue weighted by Crippen LogP contribution is -2.44. The lowest BCUT2D eigenvalue weighted by Gasteiger charge is -2.30. The van der Waals surface area contributed by atoms with Gasteiger partial charge in [-0.1, -0.05) is 226 Å². The fourth-order valence-electron chi connectivity index (χ4n) is 9.66. The minimum Gasteiger partial charge on any atom is -0.461 e. The van der Waals surface area contributed by atoms with Crippen LogP contribution in [0.25, 0.3) is 11.2 Å². The average Bonchev–Trinajstić information content (AvgIpc) is 4.05. The van der Waals surface area contributed by atoms with Gasteiger partial charge in [0.05, 0.1) is 17.5 Å². The lowest BCUT2D eigenvalue weighted by molar-refractivity contribution is -0.146. The van der Waals surface area contributed by atoms with Crippen LogP contribution in [0, 0.1) is 6.08 Å². The van der Waals surface area contributed by atoms with E-state index in [1.807, 2.05) is 13.8 Å². The van der Waals surface area contributed by atoms with Gasteiger partial charge in [0.25, 0.3) is 0 Å². The van der Waals surface area contributed by atoms with E-state index in [0.29, 0.717) is 24.0 Å². The van der Waals surface area contributed by atoms with E-state index in [0.717, 1.165) is 38.5 Å². The molecule has 1 aliphatic heterocycles. The Morgan fingerprint density at radius 1 is 0.623 bits per heavy atom. The Hall–Kier alpha value is -5.44. The first-order valence-electron chi connectivity index (χ1n) is 29.2. The molecule has 0 amide bonds. The number of nitrogens with two attached hydrogens (primary N) is 1. The van der Waals surface area contributed by atoms with Crippen LogP contribution in [0.5, 0.6) is 0 Å². The van der Waals surface area contributed by atoms with E-state index in [9.17, 15) is 23.6 Å². The summed E-state index contributed by atoms with van der Waals surface area (Å²) in [6.07, 6.45) is 30.4. The largest absolute Gasteiger partial charge is 0.461 e. The Morgan fingerprint density at radius 2 is 1.04 bits per heavy atom. The molecule has 0 bridgehead atoms. The fraction of sp³-hybridized carbons (Fsp3) is 0.661. The maximum absolute atomic E-state index is 14.5. The number of hydrogen-bond donors (Lipinski definition) is 1. The van der Waals surface area contributed by atoms with Gasteiger partial charge in [0.2, 0.25) is 0 Å². The van der Waals surface area contributed by atoms with Crippen LogP contribution in [0.15, 0.2) is 54.9 Å². The number of unbranched alkanes of at least 4 members (excludes halogenated alkanes) is 24. The van der Waals surface area contributed by atoms with Gasteiger partial charge in [-0.15, -0.1) is 0 Å². The van der Waals surface area contributed by atoms with E-state index in [1.165, 1.54) is 139 Å². The van der Waals surface area contributed by atoms with Crippen LogP contribution >= 0.6 is 0 Å². The summed E-state index contributed by atoms with van der Waals surface area (Å²) in [7, 11) is 0. The molecule has 4 aromatic rings. The molecule has 430 valence electrons. The second-order valence-corrected chi connectivity index (χ2v) is 20.4. The van der Waals surface area contributed by atoms with Crippen molar-refractivity contribution < 1.29 is 47.3 Å². The predicted molar refractivity (Wildman–Crippen MR) is 304 cm³/mol. The predicted octanol–water partition coefficient (Wildman–Crippen LogP) is 16.0. The maximum Gasteiger partial charge on any atom is 0.338 e. The van der Waals surface area contributed by atoms with E-state index < -0.39 is 35.9 Å². The number of esters is 4. The van der Waals surface area contributed by atoms with Crippen LogP contribution in [-0.4, -0.2) is 61.7 Å². The summed E-state index contributed by atoms with van der Waals surface area (Å²) in [6, 6.07) is 13.5. The SMILES string of the molecule is C.CC.CCCCCCCCCCCCCCCC(=O)OCc1ccccc1C(=O)OC[C@@]1(C)O[C@@H](n2cnc3c(N)nc(F)nc32)C[C@@H]1OC(=O)c1ccccc1COC(=O)CCCCCCCCCCCCCCC. The summed E-state index contributed by atoms with van der Waals surface area (Å²) in [5.41, 5.74) is 6.07. The third-order valence-electron chi connectivity index (χ3n) is 14.2. The van der Waals surface area contributed by atoms with Gasteiger partial charge < -0.3 is 29.4 Å². The zero-order valence-electron chi connectivity index (χ0n) is 46.9. The zero-order valence-corrected chi connectivity index (χ0v) is 46.9.